The fourth-order valence-corrected chi connectivity index (χ4v) is 3.97. The Morgan fingerprint density at radius 1 is 1.18 bits per heavy atom. The minimum atomic E-state index is -0.553. The Bertz CT molecular complexity index is 1430. The number of amides is 1. The van der Waals surface area contributed by atoms with Crippen molar-refractivity contribution in [3.63, 3.8) is 0 Å². The van der Waals surface area contributed by atoms with E-state index in [1.165, 1.54) is 10.9 Å². The first kappa shape index (κ1) is 25.3. The van der Waals surface area contributed by atoms with Crippen molar-refractivity contribution in [2.24, 2.45) is 5.10 Å². The van der Waals surface area contributed by atoms with Crippen molar-refractivity contribution in [3.05, 3.63) is 76.1 Å². The number of aromatic nitrogens is 5. The fraction of sp³-hybridized carbons (Fsp3) is 0.250. The summed E-state index contributed by atoms with van der Waals surface area (Å²) in [7, 11) is 0. The second-order valence-electron chi connectivity index (χ2n) is 8.31. The van der Waals surface area contributed by atoms with Gasteiger partial charge in [-0.05, 0) is 34.1 Å². The fourth-order valence-electron chi connectivity index (χ4n) is 3.78. The van der Waals surface area contributed by atoms with Gasteiger partial charge in [0.2, 0.25) is 11.6 Å². The van der Waals surface area contributed by atoms with Crippen LogP contribution in [0.5, 0.6) is 5.75 Å². The maximum Gasteiger partial charge on any atom is 0.292 e. The summed E-state index contributed by atoms with van der Waals surface area (Å²) in [5.74, 6) is 0.106. The van der Waals surface area contributed by atoms with E-state index in [0.717, 1.165) is 5.56 Å². The molecule has 1 fully saturated rings. The quantitative estimate of drug-likeness (QED) is 0.239. The number of ether oxygens (including phenoxy) is 2. The SMILES string of the molecule is Nc1nonc1-n1nnc(CN2CCOCC2)c1C(=O)N/N=C/c1cccc(OCc2ccccc2Cl)c1. The van der Waals surface area contributed by atoms with Crippen LogP contribution >= 0.6 is 11.6 Å². The molecule has 196 valence electrons. The van der Waals surface area contributed by atoms with E-state index in [2.05, 4.69) is 40.7 Å². The molecule has 3 heterocycles. The Kier molecular flexibility index (Phi) is 7.87. The van der Waals surface area contributed by atoms with Crippen LogP contribution in [0.15, 0.2) is 58.3 Å². The second kappa shape index (κ2) is 11.8. The minimum Gasteiger partial charge on any atom is -0.489 e. The van der Waals surface area contributed by atoms with Gasteiger partial charge >= 0.3 is 0 Å². The monoisotopic (exact) mass is 537 g/mol. The smallest absolute Gasteiger partial charge is 0.292 e. The van der Waals surface area contributed by atoms with Gasteiger partial charge in [0.1, 0.15) is 18.1 Å². The van der Waals surface area contributed by atoms with Crippen LogP contribution in [0, 0.1) is 0 Å². The number of anilines is 1. The molecule has 4 aromatic rings. The van der Waals surface area contributed by atoms with Crippen molar-refractivity contribution in [2.45, 2.75) is 13.2 Å². The van der Waals surface area contributed by atoms with Gasteiger partial charge in [-0.1, -0.05) is 47.1 Å². The average Bonchev–Trinajstić information content (AvgIpc) is 3.54. The van der Waals surface area contributed by atoms with Crippen LogP contribution in [0.4, 0.5) is 5.82 Å². The lowest BCUT2D eigenvalue weighted by molar-refractivity contribution is 0.0335. The van der Waals surface area contributed by atoms with Crippen LogP contribution in [0.1, 0.15) is 27.3 Å². The normalized spacial score (nSPS) is 14.1. The minimum absolute atomic E-state index is 0.0287. The number of hydrazone groups is 1. The molecule has 5 rings (SSSR count). The van der Waals surface area contributed by atoms with Crippen molar-refractivity contribution in [3.8, 4) is 11.6 Å². The summed E-state index contributed by atoms with van der Waals surface area (Å²) in [6, 6.07) is 14.8. The number of benzene rings is 2. The van der Waals surface area contributed by atoms with E-state index >= 15 is 0 Å². The molecule has 14 heteroatoms. The molecule has 1 aliphatic rings. The van der Waals surface area contributed by atoms with Crippen LogP contribution in [-0.2, 0) is 17.9 Å². The maximum absolute atomic E-state index is 13.2. The summed E-state index contributed by atoms with van der Waals surface area (Å²) in [6.07, 6.45) is 1.50. The molecule has 2 aromatic carbocycles. The number of carbonyl (C=O) groups is 1. The Balaban J connectivity index is 1.29. The van der Waals surface area contributed by atoms with Crippen LogP contribution in [0.2, 0.25) is 5.02 Å². The molecule has 0 aliphatic carbocycles. The molecule has 38 heavy (non-hydrogen) atoms. The van der Waals surface area contributed by atoms with E-state index < -0.39 is 5.91 Å². The number of nitrogens with zero attached hydrogens (tertiary/aromatic N) is 7. The Morgan fingerprint density at radius 2 is 2.03 bits per heavy atom. The first-order valence-corrected chi connectivity index (χ1v) is 12.1. The van der Waals surface area contributed by atoms with Crippen molar-refractivity contribution in [1.29, 1.82) is 0 Å². The summed E-state index contributed by atoms with van der Waals surface area (Å²) < 4.78 is 17.1. The summed E-state index contributed by atoms with van der Waals surface area (Å²) in [6.45, 7) is 3.30. The lowest BCUT2D eigenvalue weighted by Crippen LogP contribution is -2.36. The summed E-state index contributed by atoms with van der Waals surface area (Å²) in [4.78, 5) is 15.3. The molecule has 0 spiro atoms. The predicted octanol–water partition coefficient (Wildman–Crippen LogP) is 2.06. The Morgan fingerprint density at radius 3 is 2.82 bits per heavy atom. The zero-order chi connectivity index (χ0) is 26.3. The number of halogens is 1. The lowest BCUT2D eigenvalue weighted by atomic mass is 10.2. The summed E-state index contributed by atoms with van der Waals surface area (Å²) in [5, 5.41) is 20.3. The number of hydrogen-bond donors (Lipinski definition) is 2. The molecular formula is C24H24ClN9O4. The van der Waals surface area contributed by atoms with Gasteiger partial charge in [0.25, 0.3) is 5.91 Å². The molecule has 0 bridgehead atoms. The van der Waals surface area contributed by atoms with E-state index in [1.54, 1.807) is 6.07 Å². The van der Waals surface area contributed by atoms with Crippen molar-refractivity contribution in [1.82, 2.24) is 35.6 Å². The third kappa shape index (κ3) is 5.96. The second-order valence-corrected chi connectivity index (χ2v) is 8.72. The first-order chi connectivity index (χ1) is 18.6. The largest absolute Gasteiger partial charge is 0.489 e. The standard InChI is InChI=1S/C24H24ClN9O4/c25-19-7-2-1-5-17(19)15-37-18-6-3-4-16(12-18)13-27-29-24(35)21-20(14-33-8-10-36-11-9-33)28-32-34(21)23-22(26)30-38-31-23/h1-7,12-13H,8-11,14-15H2,(H2,26,30)(H,29,35)/b27-13+. The molecule has 3 N–H and O–H groups in total. The van der Waals surface area contributed by atoms with Gasteiger partial charge in [0, 0.05) is 30.2 Å². The van der Waals surface area contributed by atoms with E-state index in [4.69, 9.17) is 26.8 Å². The lowest BCUT2D eigenvalue weighted by Gasteiger charge is -2.25. The molecule has 1 saturated heterocycles. The number of rotatable bonds is 9. The molecule has 1 amide bonds. The topological polar surface area (TPSA) is 159 Å². The molecule has 13 nitrogen and oxygen atoms in total. The van der Waals surface area contributed by atoms with Crippen molar-refractivity contribution in [2.75, 3.05) is 32.0 Å². The highest BCUT2D eigenvalue weighted by Gasteiger charge is 2.26. The third-order valence-electron chi connectivity index (χ3n) is 5.72. The number of morpholine rings is 1. The molecule has 0 unspecified atom stereocenters. The predicted molar refractivity (Wildman–Crippen MR) is 137 cm³/mol. The highest BCUT2D eigenvalue weighted by Crippen LogP contribution is 2.20. The van der Waals surface area contributed by atoms with Gasteiger partial charge in [0.05, 0.1) is 19.4 Å². The molecule has 1 aliphatic heterocycles. The highest BCUT2D eigenvalue weighted by molar-refractivity contribution is 6.31. The molecule has 0 radical (unpaired) electrons. The molecular weight excluding hydrogens is 514 g/mol. The van der Waals surface area contributed by atoms with Gasteiger partial charge in [-0.3, -0.25) is 9.69 Å². The Labute approximate surface area is 222 Å². The summed E-state index contributed by atoms with van der Waals surface area (Å²) >= 11 is 6.20. The van der Waals surface area contributed by atoms with Gasteiger partial charge in [-0.25, -0.2) is 10.1 Å². The van der Waals surface area contributed by atoms with E-state index in [-0.39, 0.29) is 17.3 Å². The maximum atomic E-state index is 13.2. The van der Waals surface area contributed by atoms with Crippen LogP contribution in [0.25, 0.3) is 5.82 Å². The number of nitrogen functional groups attached to an aromatic ring is 1. The molecule has 0 saturated carbocycles. The molecule has 0 atom stereocenters. The van der Waals surface area contributed by atoms with Crippen molar-refractivity contribution < 1.29 is 18.9 Å². The van der Waals surface area contributed by atoms with Gasteiger partial charge < -0.3 is 15.2 Å². The van der Waals surface area contributed by atoms with Gasteiger partial charge in [-0.2, -0.15) is 9.78 Å². The van der Waals surface area contributed by atoms with Crippen LogP contribution < -0.4 is 15.9 Å². The zero-order valence-electron chi connectivity index (χ0n) is 20.2. The Hall–Kier alpha value is -4.33. The van der Waals surface area contributed by atoms with Gasteiger partial charge in [-0.15, -0.1) is 5.10 Å². The van der Waals surface area contributed by atoms with Gasteiger partial charge in [0.15, 0.2) is 5.69 Å². The number of nitrogens with two attached hydrogens (primary N) is 1. The average molecular weight is 538 g/mol. The van der Waals surface area contributed by atoms with Crippen LogP contribution in [0.3, 0.4) is 0 Å². The number of nitrogens with one attached hydrogen (secondary N) is 1. The number of carbonyl (C=O) groups excluding carboxylic acids is 1. The summed E-state index contributed by atoms with van der Waals surface area (Å²) in [5.41, 5.74) is 10.5. The first-order valence-electron chi connectivity index (χ1n) is 11.7. The van der Waals surface area contributed by atoms with E-state index in [9.17, 15) is 4.79 Å². The third-order valence-corrected chi connectivity index (χ3v) is 6.09. The highest BCUT2D eigenvalue weighted by atomic mass is 35.5. The van der Waals surface area contributed by atoms with E-state index in [0.29, 0.717) is 61.5 Å². The van der Waals surface area contributed by atoms with Crippen molar-refractivity contribution >= 4 is 29.5 Å². The number of hydrogen-bond acceptors (Lipinski definition) is 11. The zero-order valence-corrected chi connectivity index (χ0v) is 20.9. The molecule has 2 aromatic heterocycles. The van der Waals surface area contributed by atoms with Crippen LogP contribution in [-0.4, -0.2) is 68.6 Å². The van der Waals surface area contributed by atoms with E-state index in [1.807, 2.05) is 42.5 Å².